The number of aromatic nitrogens is 1. The van der Waals surface area contributed by atoms with Gasteiger partial charge in [0.2, 0.25) is 0 Å². The lowest BCUT2D eigenvalue weighted by Gasteiger charge is -2.36. The molecule has 9 heteroatoms. The van der Waals surface area contributed by atoms with Crippen molar-refractivity contribution in [2.75, 3.05) is 18.0 Å². The van der Waals surface area contributed by atoms with Gasteiger partial charge < -0.3 is 9.32 Å². The largest absolute Gasteiger partial charge is 0.467 e. The predicted molar refractivity (Wildman–Crippen MR) is 138 cm³/mol. The Morgan fingerprint density at radius 2 is 2.18 bits per heavy atom. The molecule has 2 aromatic rings. The van der Waals surface area contributed by atoms with Gasteiger partial charge in [0.15, 0.2) is 0 Å². The van der Waals surface area contributed by atoms with Crippen molar-refractivity contribution in [3.8, 4) is 6.07 Å². The van der Waals surface area contributed by atoms with Crippen molar-refractivity contribution >= 4 is 46.1 Å². The maximum Gasteiger partial charge on any atom is 0.270 e. The Labute approximate surface area is 209 Å². The molecular formula is C25H28N4O3S2. The molecule has 2 saturated heterocycles. The van der Waals surface area contributed by atoms with Gasteiger partial charge >= 0.3 is 0 Å². The standard InChI is InChI=1S/C25H28N4O3S2/c1-4-9-28-22(27-10-5-7-16(2)14-27)19(17(3)20(13-26)23(28)30)12-21-24(31)29(25(33)34-21)15-18-8-6-11-32-18/h6,8,11-12,16H,4-5,7,9-10,14-15H2,1-3H3. The van der Waals surface area contributed by atoms with Crippen LogP contribution in [-0.2, 0) is 17.9 Å². The van der Waals surface area contributed by atoms with Crippen molar-refractivity contribution in [2.24, 2.45) is 5.92 Å². The molecule has 7 nitrogen and oxygen atoms in total. The summed E-state index contributed by atoms with van der Waals surface area (Å²) in [6.07, 6.45) is 6.32. The van der Waals surface area contributed by atoms with E-state index in [1.165, 1.54) is 16.7 Å². The number of carbonyl (C=O) groups is 1. The van der Waals surface area contributed by atoms with Gasteiger partial charge in [-0.2, -0.15) is 5.26 Å². The Bertz CT molecular complexity index is 1240. The quantitative estimate of drug-likeness (QED) is 0.425. The third-order valence-electron chi connectivity index (χ3n) is 6.29. The fourth-order valence-corrected chi connectivity index (χ4v) is 5.86. The SMILES string of the molecule is CCCn1c(N2CCCC(C)C2)c(C=C2SC(=S)N(Cc3ccco3)C2=O)c(C)c(C#N)c1=O. The summed E-state index contributed by atoms with van der Waals surface area (Å²) < 4.78 is 7.58. The number of thioether (sulfide) groups is 1. The normalized spacial score (nSPS) is 19.8. The molecule has 0 bridgehead atoms. The third kappa shape index (κ3) is 4.57. The number of furan rings is 1. The number of nitriles is 1. The van der Waals surface area contributed by atoms with Crippen molar-refractivity contribution in [2.45, 2.75) is 53.1 Å². The summed E-state index contributed by atoms with van der Waals surface area (Å²) in [6, 6.07) is 5.69. The third-order valence-corrected chi connectivity index (χ3v) is 7.67. The fraction of sp³-hybridized carbons (Fsp3) is 0.440. The number of amides is 1. The van der Waals surface area contributed by atoms with Crippen molar-refractivity contribution in [3.63, 3.8) is 0 Å². The van der Waals surface area contributed by atoms with Gasteiger partial charge in [-0.1, -0.05) is 37.8 Å². The molecular weight excluding hydrogens is 468 g/mol. The number of carbonyl (C=O) groups excluding carboxylic acids is 1. The average Bonchev–Trinajstić information content (AvgIpc) is 3.41. The van der Waals surface area contributed by atoms with E-state index in [9.17, 15) is 14.9 Å². The van der Waals surface area contributed by atoms with E-state index in [2.05, 4.69) is 17.9 Å². The van der Waals surface area contributed by atoms with Crippen LogP contribution in [0.2, 0.25) is 0 Å². The van der Waals surface area contributed by atoms with Crippen LogP contribution in [0.25, 0.3) is 6.08 Å². The lowest BCUT2D eigenvalue weighted by molar-refractivity contribution is -0.122. The Kier molecular flexibility index (Phi) is 7.29. The number of piperidine rings is 1. The molecule has 2 aliphatic rings. The minimum Gasteiger partial charge on any atom is -0.467 e. The lowest BCUT2D eigenvalue weighted by atomic mass is 9.98. The van der Waals surface area contributed by atoms with Crippen LogP contribution in [0.3, 0.4) is 0 Å². The van der Waals surface area contributed by atoms with E-state index in [4.69, 9.17) is 16.6 Å². The fourth-order valence-electron chi connectivity index (χ4n) is 4.62. The number of anilines is 1. The maximum atomic E-state index is 13.3. The van der Waals surface area contributed by atoms with Gasteiger partial charge in [0.1, 0.15) is 27.5 Å². The summed E-state index contributed by atoms with van der Waals surface area (Å²) in [6.45, 7) is 8.46. The van der Waals surface area contributed by atoms with E-state index < -0.39 is 0 Å². The maximum absolute atomic E-state index is 13.3. The van der Waals surface area contributed by atoms with Crippen LogP contribution in [0.4, 0.5) is 5.82 Å². The topological polar surface area (TPSA) is 82.5 Å². The molecule has 2 fully saturated rings. The summed E-state index contributed by atoms with van der Waals surface area (Å²) in [4.78, 5) is 30.8. The predicted octanol–water partition coefficient (Wildman–Crippen LogP) is 4.67. The summed E-state index contributed by atoms with van der Waals surface area (Å²) >= 11 is 6.73. The highest BCUT2D eigenvalue weighted by atomic mass is 32.2. The van der Waals surface area contributed by atoms with E-state index in [1.807, 2.05) is 19.1 Å². The molecule has 0 radical (unpaired) electrons. The highest BCUT2D eigenvalue weighted by molar-refractivity contribution is 8.26. The van der Waals surface area contributed by atoms with Crippen LogP contribution in [0.5, 0.6) is 0 Å². The first-order valence-corrected chi connectivity index (χ1v) is 12.8. The number of rotatable bonds is 6. The van der Waals surface area contributed by atoms with Crippen LogP contribution in [0, 0.1) is 24.2 Å². The smallest absolute Gasteiger partial charge is 0.270 e. The number of thiocarbonyl (C=S) groups is 1. The summed E-state index contributed by atoms with van der Waals surface area (Å²) in [5.41, 5.74) is 1.21. The van der Waals surface area contributed by atoms with Gasteiger partial charge in [-0.3, -0.25) is 19.1 Å². The average molecular weight is 497 g/mol. The monoisotopic (exact) mass is 496 g/mol. The second-order valence-corrected chi connectivity index (χ2v) is 10.5. The minimum atomic E-state index is -0.266. The molecule has 1 unspecified atom stereocenters. The van der Waals surface area contributed by atoms with Gasteiger partial charge in [0, 0.05) is 25.2 Å². The van der Waals surface area contributed by atoms with Gasteiger partial charge in [-0.15, -0.1) is 0 Å². The second-order valence-electron chi connectivity index (χ2n) is 8.85. The molecule has 1 atom stereocenters. The molecule has 4 rings (SSSR count). The second kappa shape index (κ2) is 10.2. The summed E-state index contributed by atoms with van der Waals surface area (Å²) in [5.74, 6) is 1.75. The molecule has 0 saturated carbocycles. The highest BCUT2D eigenvalue weighted by Crippen LogP contribution is 2.37. The van der Waals surface area contributed by atoms with Crippen LogP contribution in [-0.4, -0.2) is 32.8 Å². The van der Waals surface area contributed by atoms with E-state index in [1.54, 1.807) is 23.8 Å². The van der Waals surface area contributed by atoms with Gasteiger partial charge in [-0.05, 0) is 55.9 Å². The van der Waals surface area contributed by atoms with E-state index in [0.717, 1.165) is 43.7 Å². The molecule has 1 amide bonds. The zero-order valence-corrected chi connectivity index (χ0v) is 21.3. The molecule has 2 aliphatic heterocycles. The summed E-state index contributed by atoms with van der Waals surface area (Å²) in [5, 5.41) is 9.79. The Morgan fingerprint density at radius 1 is 1.38 bits per heavy atom. The minimum absolute atomic E-state index is 0.125. The van der Waals surface area contributed by atoms with Crippen molar-refractivity contribution < 1.29 is 9.21 Å². The molecule has 4 heterocycles. The van der Waals surface area contributed by atoms with Gasteiger partial charge in [0.05, 0.1) is 17.7 Å². The van der Waals surface area contributed by atoms with Crippen molar-refractivity contribution in [1.82, 2.24) is 9.47 Å². The molecule has 0 N–H and O–H groups in total. The van der Waals surface area contributed by atoms with E-state index in [0.29, 0.717) is 33.0 Å². The van der Waals surface area contributed by atoms with Crippen LogP contribution in [0.1, 0.15) is 55.6 Å². The van der Waals surface area contributed by atoms with E-state index in [-0.39, 0.29) is 23.6 Å². The Balaban J connectivity index is 1.85. The number of hydrogen-bond donors (Lipinski definition) is 0. The number of pyridine rings is 1. The zero-order valence-electron chi connectivity index (χ0n) is 19.7. The molecule has 2 aromatic heterocycles. The molecule has 0 aromatic carbocycles. The van der Waals surface area contributed by atoms with Crippen LogP contribution in [0.15, 0.2) is 32.5 Å². The Morgan fingerprint density at radius 3 is 2.82 bits per heavy atom. The van der Waals surface area contributed by atoms with Crippen LogP contribution < -0.4 is 10.5 Å². The van der Waals surface area contributed by atoms with E-state index >= 15 is 0 Å². The summed E-state index contributed by atoms with van der Waals surface area (Å²) in [7, 11) is 0. The first-order chi connectivity index (χ1) is 16.3. The first kappa shape index (κ1) is 24.3. The molecule has 34 heavy (non-hydrogen) atoms. The Hall–Kier alpha value is -2.83. The number of hydrogen-bond acceptors (Lipinski definition) is 7. The van der Waals surface area contributed by atoms with Crippen molar-refractivity contribution in [1.29, 1.82) is 5.26 Å². The lowest BCUT2D eigenvalue weighted by Crippen LogP contribution is -2.40. The highest BCUT2D eigenvalue weighted by Gasteiger charge is 2.34. The van der Waals surface area contributed by atoms with Crippen molar-refractivity contribution in [3.05, 3.63) is 56.1 Å². The van der Waals surface area contributed by atoms with Gasteiger partial charge in [0.25, 0.3) is 11.5 Å². The van der Waals surface area contributed by atoms with Gasteiger partial charge in [-0.25, -0.2) is 0 Å². The zero-order chi connectivity index (χ0) is 24.4. The molecule has 0 aliphatic carbocycles. The first-order valence-electron chi connectivity index (χ1n) is 11.6. The number of nitrogens with zero attached hydrogens (tertiary/aromatic N) is 4. The molecule has 0 spiro atoms. The molecule has 178 valence electrons. The van der Waals surface area contributed by atoms with Crippen LogP contribution >= 0.6 is 24.0 Å².